The molecule has 0 bridgehead atoms. The van der Waals surface area contributed by atoms with Crippen LogP contribution < -0.4 is 0 Å². The van der Waals surface area contributed by atoms with Crippen molar-refractivity contribution in [2.45, 2.75) is 84.6 Å². The van der Waals surface area contributed by atoms with Crippen LogP contribution in [0.1, 0.15) is 78.6 Å². The van der Waals surface area contributed by atoms with Gasteiger partial charge in [-0.1, -0.05) is 57.9 Å². The van der Waals surface area contributed by atoms with Crippen LogP contribution in [0.15, 0.2) is 29.3 Å². The molecule has 0 fully saturated rings. The van der Waals surface area contributed by atoms with E-state index in [2.05, 4.69) is 51.3 Å². The Morgan fingerprint density at radius 1 is 1.05 bits per heavy atom. The Kier molecular flexibility index (Phi) is 8.57. The minimum Gasteiger partial charge on any atom is -0.293 e. The molecule has 0 aromatic rings. The molecule has 0 amide bonds. The molecular formula is C19H33N. The van der Waals surface area contributed by atoms with Crippen molar-refractivity contribution >= 4 is 6.21 Å². The highest BCUT2D eigenvalue weighted by Crippen LogP contribution is 2.32. The molecule has 2 atom stereocenters. The van der Waals surface area contributed by atoms with Gasteiger partial charge in [0.25, 0.3) is 0 Å². The summed E-state index contributed by atoms with van der Waals surface area (Å²) in [6.45, 7) is 6.86. The second-order valence-electron chi connectivity index (χ2n) is 6.12. The predicted octanol–water partition coefficient (Wildman–Crippen LogP) is 6.11. The van der Waals surface area contributed by atoms with E-state index in [0.717, 1.165) is 19.3 Å². The van der Waals surface area contributed by atoms with Crippen molar-refractivity contribution in [3.05, 3.63) is 24.3 Å². The third-order valence-corrected chi connectivity index (χ3v) is 4.53. The quantitative estimate of drug-likeness (QED) is 0.537. The van der Waals surface area contributed by atoms with Crippen LogP contribution >= 0.6 is 0 Å². The number of hydrogen-bond donors (Lipinski definition) is 0. The van der Waals surface area contributed by atoms with E-state index in [-0.39, 0.29) is 0 Å². The third-order valence-electron chi connectivity index (χ3n) is 4.53. The van der Waals surface area contributed by atoms with Gasteiger partial charge in [-0.3, -0.25) is 4.99 Å². The van der Waals surface area contributed by atoms with E-state index in [4.69, 9.17) is 4.99 Å². The lowest BCUT2D eigenvalue weighted by Gasteiger charge is -2.28. The minimum absolute atomic E-state index is 0.294. The number of rotatable bonds is 5. The molecule has 0 spiro atoms. The van der Waals surface area contributed by atoms with Gasteiger partial charge >= 0.3 is 0 Å². The molecule has 20 heavy (non-hydrogen) atoms. The van der Waals surface area contributed by atoms with Crippen LogP contribution in [0, 0.1) is 5.41 Å². The van der Waals surface area contributed by atoms with Gasteiger partial charge in [0.1, 0.15) is 0 Å². The molecule has 0 saturated heterocycles. The highest BCUT2D eigenvalue weighted by molar-refractivity contribution is 5.66. The van der Waals surface area contributed by atoms with E-state index in [1.165, 1.54) is 38.5 Å². The average molecular weight is 275 g/mol. The van der Waals surface area contributed by atoms with E-state index in [0.29, 0.717) is 11.5 Å². The van der Waals surface area contributed by atoms with Gasteiger partial charge in [0.15, 0.2) is 0 Å². The van der Waals surface area contributed by atoms with Crippen LogP contribution in [0.25, 0.3) is 0 Å². The molecule has 0 aromatic heterocycles. The highest BCUT2D eigenvalue weighted by Gasteiger charge is 2.24. The first-order valence-electron chi connectivity index (χ1n) is 8.60. The van der Waals surface area contributed by atoms with Crippen molar-refractivity contribution in [1.82, 2.24) is 0 Å². The van der Waals surface area contributed by atoms with Gasteiger partial charge in [0, 0.05) is 11.6 Å². The zero-order chi connectivity index (χ0) is 14.7. The second-order valence-corrected chi connectivity index (χ2v) is 6.12. The summed E-state index contributed by atoms with van der Waals surface area (Å²) in [6.07, 6.45) is 22.5. The summed E-state index contributed by atoms with van der Waals surface area (Å²) in [6, 6.07) is 0.474. The maximum Gasteiger partial charge on any atom is 0.0527 e. The first-order valence-corrected chi connectivity index (χ1v) is 8.60. The molecular weight excluding hydrogens is 242 g/mol. The summed E-state index contributed by atoms with van der Waals surface area (Å²) >= 11 is 0. The molecule has 114 valence electrons. The van der Waals surface area contributed by atoms with Crippen LogP contribution in [0.2, 0.25) is 0 Å². The number of allylic oxidation sites excluding steroid dienone is 3. The van der Waals surface area contributed by atoms with E-state index in [9.17, 15) is 0 Å². The summed E-state index contributed by atoms with van der Waals surface area (Å²) < 4.78 is 0. The van der Waals surface area contributed by atoms with E-state index in [1.807, 2.05) is 0 Å². The maximum absolute atomic E-state index is 4.94. The zero-order valence-corrected chi connectivity index (χ0v) is 13.8. The van der Waals surface area contributed by atoms with Gasteiger partial charge in [-0.25, -0.2) is 0 Å². The van der Waals surface area contributed by atoms with Crippen molar-refractivity contribution in [3.8, 4) is 0 Å². The Hall–Kier alpha value is -0.850. The minimum atomic E-state index is 0.294. The van der Waals surface area contributed by atoms with Crippen molar-refractivity contribution in [3.63, 3.8) is 0 Å². The fraction of sp³-hybridized carbons (Fsp3) is 0.737. The Morgan fingerprint density at radius 3 is 2.45 bits per heavy atom. The lowest BCUT2D eigenvalue weighted by atomic mass is 9.78. The first kappa shape index (κ1) is 17.2. The Balaban J connectivity index is 2.87. The summed E-state index contributed by atoms with van der Waals surface area (Å²) in [5.41, 5.74) is 0.294. The Morgan fingerprint density at radius 2 is 1.80 bits per heavy atom. The van der Waals surface area contributed by atoms with Gasteiger partial charge in [0.05, 0.1) is 6.04 Å². The van der Waals surface area contributed by atoms with Crippen molar-refractivity contribution in [1.29, 1.82) is 0 Å². The Labute approximate surface area is 126 Å². The van der Waals surface area contributed by atoms with Gasteiger partial charge in [-0.2, -0.15) is 0 Å². The molecule has 1 aliphatic rings. The Bertz CT molecular complexity index is 327. The maximum atomic E-state index is 4.94. The van der Waals surface area contributed by atoms with E-state index < -0.39 is 0 Å². The van der Waals surface area contributed by atoms with E-state index >= 15 is 0 Å². The molecule has 0 saturated carbocycles. The van der Waals surface area contributed by atoms with Gasteiger partial charge in [-0.15, -0.1) is 0 Å². The standard InChI is InChI=1S/C19H33N/c1-4-7-15-19(6-3)16-13-11-9-8-10-12-14-18(5-2)20-17-19/h10-13,17-18H,4-9,14-16H2,1-3H3/b12-10+,13-11+,20-17?. The van der Waals surface area contributed by atoms with Gasteiger partial charge < -0.3 is 0 Å². The van der Waals surface area contributed by atoms with Crippen molar-refractivity contribution < 1.29 is 0 Å². The van der Waals surface area contributed by atoms with Gasteiger partial charge in [0.2, 0.25) is 0 Å². The fourth-order valence-corrected chi connectivity index (χ4v) is 2.76. The molecule has 0 radical (unpaired) electrons. The molecule has 1 rings (SSSR count). The highest BCUT2D eigenvalue weighted by atomic mass is 14.8. The SMILES string of the molecule is CCCCC1(CC)C=NC(CC)C/C=C/CC/C=C/C1. The molecule has 1 aliphatic heterocycles. The number of aliphatic imine (C=N–C) groups is 1. The van der Waals surface area contributed by atoms with Crippen LogP contribution in [0.5, 0.6) is 0 Å². The van der Waals surface area contributed by atoms with E-state index in [1.54, 1.807) is 0 Å². The predicted molar refractivity (Wildman–Crippen MR) is 91.6 cm³/mol. The molecule has 0 aliphatic carbocycles. The fourth-order valence-electron chi connectivity index (χ4n) is 2.76. The first-order chi connectivity index (χ1) is 9.76. The van der Waals surface area contributed by atoms with Crippen LogP contribution in [0.3, 0.4) is 0 Å². The summed E-state index contributed by atoms with van der Waals surface area (Å²) in [5, 5.41) is 0. The molecule has 2 unspecified atom stereocenters. The summed E-state index contributed by atoms with van der Waals surface area (Å²) in [7, 11) is 0. The molecule has 1 heterocycles. The zero-order valence-electron chi connectivity index (χ0n) is 13.8. The molecule has 0 aromatic carbocycles. The molecule has 0 N–H and O–H groups in total. The topological polar surface area (TPSA) is 12.4 Å². The monoisotopic (exact) mass is 275 g/mol. The van der Waals surface area contributed by atoms with Crippen molar-refractivity contribution in [2.24, 2.45) is 10.4 Å². The number of nitrogens with zero attached hydrogens (tertiary/aromatic N) is 1. The van der Waals surface area contributed by atoms with Gasteiger partial charge in [-0.05, 0) is 44.9 Å². The van der Waals surface area contributed by atoms with Crippen molar-refractivity contribution in [2.75, 3.05) is 0 Å². The summed E-state index contributed by atoms with van der Waals surface area (Å²) in [4.78, 5) is 4.94. The second kappa shape index (κ2) is 9.96. The largest absolute Gasteiger partial charge is 0.293 e. The van der Waals surface area contributed by atoms with Crippen LogP contribution in [0.4, 0.5) is 0 Å². The third kappa shape index (κ3) is 6.07. The average Bonchev–Trinajstić information content (AvgIpc) is 2.47. The molecule has 1 heteroatoms. The van der Waals surface area contributed by atoms with Crippen LogP contribution in [-0.4, -0.2) is 12.3 Å². The number of unbranched alkanes of at least 4 members (excludes halogenated alkanes) is 1. The number of hydrogen-bond acceptors (Lipinski definition) is 1. The smallest absolute Gasteiger partial charge is 0.0527 e. The normalized spacial score (nSPS) is 31.2. The molecule has 1 nitrogen and oxygen atoms in total. The summed E-state index contributed by atoms with van der Waals surface area (Å²) in [5.74, 6) is 0. The lowest BCUT2D eigenvalue weighted by Crippen LogP contribution is -2.22. The van der Waals surface area contributed by atoms with Crippen LogP contribution in [-0.2, 0) is 0 Å². The lowest BCUT2D eigenvalue weighted by molar-refractivity contribution is 0.368.